The van der Waals surface area contributed by atoms with E-state index in [0.717, 1.165) is 28.0 Å². The van der Waals surface area contributed by atoms with E-state index in [0.29, 0.717) is 11.8 Å². The maximum Gasteiger partial charge on any atom is 0.174 e. The molecule has 22 heavy (non-hydrogen) atoms. The molecule has 0 bridgehead atoms. The standard InChI is InChI=1S/C16H21N3OS2/c1-21-16-18-17-15(22-16)11-19(13-7-3-4-8-13)10-12-6-2-5-9-14(12)20/h2,5-6,9,13,20H,3-4,7-8,10-11H2,1H3. The largest absolute Gasteiger partial charge is 0.508 e. The van der Waals surface area contributed by atoms with Crippen LogP contribution in [0.15, 0.2) is 28.6 Å². The molecule has 1 aliphatic carbocycles. The Balaban J connectivity index is 1.76. The van der Waals surface area contributed by atoms with Crippen LogP contribution in [0.3, 0.4) is 0 Å². The zero-order valence-electron chi connectivity index (χ0n) is 12.7. The van der Waals surface area contributed by atoms with E-state index in [9.17, 15) is 5.11 Å². The second kappa shape index (κ2) is 7.44. The van der Waals surface area contributed by atoms with Crippen molar-refractivity contribution in [3.63, 3.8) is 0 Å². The molecule has 0 radical (unpaired) electrons. The average molecular weight is 335 g/mol. The van der Waals surface area contributed by atoms with Crippen LogP contribution in [0.4, 0.5) is 0 Å². The van der Waals surface area contributed by atoms with Gasteiger partial charge < -0.3 is 5.11 Å². The molecule has 0 spiro atoms. The van der Waals surface area contributed by atoms with Gasteiger partial charge in [-0.2, -0.15) is 0 Å². The van der Waals surface area contributed by atoms with Crippen LogP contribution in [0.25, 0.3) is 0 Å². The van der Waals surface area contributed by atoms with Crippen molar-refractivity contribution in [3.8, 4) is 5.75 Å². The van der Waals surface area contributed by atoms with E-state index in [2.05, 4.69) is 15.1 Å². The van der Waals surface area contributed by atoms with Gasteiger partial charge in [0.2, 0.25) is 0 Å². The predicted octanol–water partition coefficient (Wildman–Crippen LogP) is 3.91. The summed E-state index contributed by atoms with van der Waals surface area (Å²) in [6, 6.07) is 8.21. The van der Waals surface area contributed by atoms with Crippen molar-refractivity contribution in [2.75, 3.05) is 6.26 Å². The molecule has 0 atom stereocenters. The first-order valence-electron chi connectivity index (χ1n) is 7.63. The van der Waals surface area contributed by atoms with E-state index in [1.165, 1.54) is 25.7 Å². The summed E-state index contributed by atoms with van der Waals surface area (Å²) in [6.45, 7) is 1.59. The molecule has 118 valence electrons. The lowest BCUT2D eigenvalue weighted by molar-refractivity contribution is 0.178. The van der Waals surface area contributed by atoms with Gasteiger partial charge >= 0.3 is 0 Å². The summed E-state index contributed by atoms with van der Waals surface area (Å²) in [7, 11) is 0. The SMILES string of the molecule is CSc1nnc(CN(Cc2ccccc2O)C2CCCC2)s1. The molecule has 2 aromatic rings. The highest BCUT2D eigenvalue weighted by molar-refractivity contribution is 8.00. The topological polar surface area (TPSA) is 49.2 Å². The number of aromatic hydroxyl groups is 1. The fourth-order valence-corrected chi connectivity index (χ4v) is 4.34. The van der Waals surface area contributed by atoms with Crippen LogP contribution in [0.5, 0.6) is 5.75 Å². The molecule has 1 fully saturated rings. The Hall–Kier alpha value is -1.11. The molecule has 0 aliphatic heterocycles. The summed E-state index contributed by atoms with van der Waals surface area (Å²) < 4.78 is 1.02. The van der Waals surface area contributed by atoms with Crippen molar-refractivity contribution in [3.05, 3.63) is 34.8 Å². The van der Waals surface area contributed by atoms with Crippen LogP contribution in [0.1, 0.15) is 36.3 Å². The van der Waals surface area contributed by atoms with Gasteiger partial charge in [0, 0.05) is 18.2 Å². The minimum atomic E-state index is 0.382. The van der Waals surface area contributed by atoms with Crippen molar-refractivity contribution in [1.29, 1.82) is 0 Å². The van der Waals surface area contributed by atoms with Gasteiger partial charge in [-0.1, -0.05) is 54.1 Å². The van der Waals surface area contributed by atoms with Crippen LogP contribution < -0.4 is 0 Å². The lowest BCUT2D eigenvalue weighted by Gasteiger charge is -2.28. The number of aromatic nitrogens is 2. The molecule has 0 saturated heterocycles. The Labute approximate surface area is 139 Å². The third-order valence-electron chi connectivity index (χ3n) is 4.17. The lowest BCUT2D eigenvalue weighted by atomic mass is 10.1. The van der Waals surface area contributed by atoms with Gasteiger partial charge in [0.15, 0.2) is 4.34 Å². The molecule has 3 rings (SSSR count). The van der Waals surface area contributed by atoms with Gasteiger partial charge in [0.05, 0.1) is 6.54 Å². The molecule has 4 nitrogen and oxygen atoms in total. The molecule has 1 aromatic carbocycles. The minimum absolute atomic E-state index is 0.382. The maximum atomic E-state index is 10.1. The molecular weight excluding hydrogens is 314 g/mol. The molecule has 1 aliphatic rings. The van der Waals surface area contributed by atoms with Gasteiger partial charge in [-0.25, -0.2) is 0 Å². The van der Waals surface area contributed by atoms with Crippen molar-refractivity contribution >= 4 is 23.1 Å². The van der Waals surface area contributed by atoms with E-state index in [1.54, 1.807) is 29.2 Å². The highest BCUT2D eigenvalue weighted by Crippen LogP contribution is 2.29. The van der Waals surface area contributed by atoms with Gasteiger partial charge in [-0.05, 0) is 25.2 Å². The summed E-state index contributed by atoms with van der Waals surface area (Å²) in [6.07, 6.45) is 7.10. The number of rotatable bonds is 6. The summed E-state index contributed by atoms with van der Waals surface area (Å²) in [4.78, 5) is 2.45. The number of phenols is 1. The fourth-order valence-electron chi connectivity index (χ4n) is 3.01. The van der Waals surface area contributed by atoms with E-state index in [4.69, 9.17) is 0 Å². The smallest absolute Gasteiger partial charge is 0.174 e. The normalized spacial score (nSPS) is 15.7. The summed E-state index contributed by atoms with van der Waals surface area (Å²) in [5.74, 6) is 0.382. The monoisotopic (exact) mass is 335 g/mol. The van der Waals surface area contributed by atoms with Crippen LogP contribution in [-0.2, 0) is 13.1 Å². The highest BCUT2D eigenvalue weighted by Gasteiger charge is 2.24. The second-order valence-corrected chi connectivity index (χ2v) is 7.75. The molecule has 0 unspecified atom stereocenters. The van der Waals surface area contributed by atoms with E-state index < -0.39 is 0 Å². The quantitative estimate of drug-likeness (QED) is 0.811. The highest BCUT2D eigenvalue weighted by atomic mass is 32.2. The zero-order chi connectivity index (χ0) is 15.4. The summed E-state index contributed by atoms with van der Waals surface area (Å²) in [5, 5.41) is 19.6. The first-order chi connectivity index (χ1) is 10.8. The fraction of sp³-hybridized carbons (Fsp3) is 0.500. The maximum absolute atomic E-state index is 10.1. The first-order valence-corrected chi connectivity index (χ1v) is 9.67. The Kier molecular flexibility index (Phi) is 5.33. The molecule has 1 saturated carbocycles. The third-order valence-corrected chi connectivity index (χ3v) is 6.05. The molecule has 1 N–H and O–H groups in total. The van der Waals surface area contributed by atoms with E-state index in [1.807, 2.05) is 24.5 Å². The Morgan fingerprint density at radius 2 is 2.00 bits per heavy atom. The van der Waals surface area contributed by atoms with Gasteiger partial charge in [-0.3, -0.25) is 4.90 Å². The summed E-state index contributed by atoms with van der Waals surface area (Å²) >= 11 is 3.31. The molecule has 6 heteroatoms. The van der Waals surface area contributed by atoms with Crippen molar-refractivity contribution < 1.29 is 5.11 Å². The molecule has 1 heterocycles. The number of phenolic OH excluding ortho intramolecular Hbond substituents is 1. The number of nitrogens with zero attached hydrogens (tertiary/aromatic N) is 3. The van der Waals surface area contributed by atoms with Crippen LogP contribution in [0, 0.1) is 0 Å². The minimum Gasteiger partial charge on any atom is -0.508 e. The van der Waals surface area contributed by atoms with Crippen molar-refractivity contribution in [1.82, 2.24) is 15.1 Å². The Morgan fingerprint density at radius 3 is 2.68 bits per heavy atom. The van der Waals surface area contributed by atoms with Crippen molar-refractivity contribution in [2.24, 2.45) is 0 Å². The van der Waals surface area contributed by atoms with Crippen LogP contribution in [-0.4, -0.2) is 32.5 Å². The number of benzene rings is 1. The average Bonchev–Trinajstić information content (AvgIpc) is 3.19. The Bertz CT molecular complexity index is 611. The predicted molar refractivity (Wildman–Crippen MR) is 91.3 cm³/mol. The third kappa shape index (κ3) is 3.80. The number of thioether (sulfide) groups is 1. The second-order valence-electron chi connectivity index (χ2n) is 5.64. The van der Waals surface area contributed by atoms with Crippen molar-refractivity contribution in [2.45, 2.75) is 49.2 Å². The summed E-state index contributed by atoms with van der Waals surface area (Å²) in [5.41, 5.74) is 0.990. The molecular formula is C16H21N3OS2. The van der Waals surface area contributed by atoms with Crippen LogP contribution in [0.2, 0.25) is 0 Å². The molecule has 0 amide bonds. The Morgan fingerprint density at radius 1 is 1.23 bits per heavy atom. The first kappa shape index (κ1) is 15.8. The zero-order valence-corrected chi connectivity index (χ0v) is 14.4. The van der Waals surface area contributed by atoms with Crippen LogP contribution >= 0.6 is 23.1 Å². The van der Waals surface area contributed by atoms with E-state index >= 15 is 0 Å². The molecule has 1 aromatic heterocycles. The number of para-hydroxylation sites is 1. The lowest BCUT2D eigenvalue weighted by Crippen LogP contribution is -2.32. The number of hydrogen-bond donors (Lipinski definition) is 1. The van der Waals surface area contributed by atoms with Gasteiger partial charge in [0.1, 0.15) is 10.8 Å². The van der Waals surface area contributed by atoms with Gasteiger partial charge in [0.25, 0.3) is 0 Å². The van der Waals surface area contributed by atoms with Gasteiger partial charge in [-0.15, -0.1) is 10.2 Å². The van der Waals surface area contributed by atoms with E-state index in [-0.39, 0.29) is 0 Å². The number of hydrogen-bond acceptors (Lipinski definition) is 6.